The topological polar surface area (TPSA) is 58.4 Å². The maximum atomic E-state index is 13.7. The summed E-state index contributed by atoms with van der Waals surface area (Å²) in [5, 5.41) is 3.08. The second-order valence-electron chi connectivity index (χ2n) is 5.07. The number of nitrogens with zero attached hydrogens (tertiary/aromatic N) is 1. The zero-order valence-electron chi connectivity index (χ0n) is 11.2. The first kappa shape index (κ1) is 13.8. The number of amides is 1. The summed E-state index contributed by atoms with van der Waals surface area (Å²) in [5.74, 6) is -0.902. The molecule has 0 aromatic heterocycles. The van der Waals surface area contributed by atoms with Crippen molar-refractivity contribution in [1.82, 2.24) is 4.90 Å². The molecule has 1 fully saturated rings. The van der Waals surface area contributed by atoms with Gasteiger partial charge in [0.25, 0.3) is 0 Å². The highest BCUT2D eigenvalue weighted by molar-refractivity contribution is 5.93. The molecule has 0 radical (unpaired) electrons. The number of carbonyl (C=O) groups is 1. The first-order valence-electron chi connectivity index (χ1n) is 6.61. The van der Waals surface area contributed by atoms with Gasteiger partial charge in [-0.1, -0.05) is 6.42 Å². The number of likely N-dealkylation sites (N-methyl/N-ethyl adjacent to an activating group) is 1. The third-order valence-electron chi connectivity index (χ3n) is 3.70. The van der Waals surface area contributed by atoms with Crippen LogP contribution in [0.3, 0.4) is 0 Å². The maximum Gasteiger partial charge on any atom is 0.248 e. The average Bonchev–Trinajstić information content (AvgIpc) is 2.39. The van der Waals surface area contributed by atoms with E-state index >= 15 is 0 Å². The Morgan fingerprint density at radius 3 is 3.00 bits per heavy atom. The van der Waals surface area contributed by atoms with Crippen molar-refractivity contribution in [2.75, 3.05) is 25.5 Å². The minimum Gasteiger partial charge on any atom is -0.381 e. The second kappa shape index (κ2) is 6.02. The van der Waals surface area contributed by atoms with Crippen molar-refractivity contribution in [3.8, 4) is 0 Å². The monoisotopic (exact) mass is 265 g/mol. The molecule has 3 N–H and O–H groups in total. The predicted molar refractivity (Wildman–Crippen MR) is 73.7 cm³/mol. The third-order valence-corrected chi connectivity index (χ3v) is 3.70. The number of likely N-dealkylation sites (tertiary alicyclic amines) is 1. The molecule has 2 rings (SSSR count). The summed E-state index contributed by atoms with van der Waals surface area (Å²) in [7, 11) is 2.09. The van der Waals surface area contributed by atoms with E-state index < -0.39 is 5.91 Å². The van der Waals surface area contributed by atoms with Crippen molar-refractivity contribution in [2.24, 2.45) is 5.73 Å². The Morgan fingerprint density at radius 2 is 2.32 bits per heavy atom. The summed E-state index contributed by atoms with van der Waals surface area (Å²) in [5.41, 5.74) is 5.86. The molecule has 0 saturated carbocycles. The normalized spacial score (nSPS) is 20.2. The molecule has 1 aliphatic heterocycles. The molecule has 1 aliphatic rings. The maximum absolute atomic E-state index is 13.7. The number of hydrogen-bond acceptors (Lipinski definition) is 3. The quantitative estimate of drug-likeness (QED) is 0.873. The number of rotatable bonds is 4. The van der Waals surface area contributed by atoms with Crippen LogP contribution in [0.15, 0.2) is 18.2 Å². The zero-order valence-corrected chi connectivity index (χ0v) is 11.2. The molecule has 0 spiro atoms. The van der Waals surface area contributed by atoms with E-state index in [0.717, 1.165) is 13.0 Å². The van der Waals surface area contributed by atoms with Crippen molar-refractivity contribution in [2.45, 2.75) is 25.3 Å². The van der Waals surface area contributed by atoms with Crippen LogP contribution < -0.4 is 11.1 Å². The summed E-state index contributed by atoms with van der Waals surface area (Å²) in [6.07, 6.45) is 3.54. The fourth-order valence-electron chi connectivity index (χ4n) is 2.44. The van der Waals surface area contributed by atoms with Gasteiger partial charge in [0.2, 0.25) is 5.91 Å². The van der Waals surface area contributed by atoms with E-state index in [1.807, 2.05) is 0 Å². The summed E-state index contributed by atoms with van der Waals surface area (Å²) in [6.45, 7) is 1.76. The van der Waals surface area contributed by atoms with Crippen molar-refractivity contribution in [3.05, 3.63) is 29.6 Å². The van der Waals surface area contributed by atoms with Gasteiger partial charge in [0.1, 0.15) is 5.82 Å². The number of anilines is 1. The number of primary amides is 1. The Bertz CT molecular complexity index is 464. The van der Waals surface area contributed by atoms with Gasteiger partial charge in [-0.05, 0) is 44.6 Å². The van der Waals surface area contributed by atoms with Crippen molar-refractivity contribution < 1.29 is 9.18 Å². The van der Waals surface area contributed by atoms with Crippen LogP contribution in [0, 0.1) is 5.82 Å². The second-order valence-corrected chi connectivity index (χ2v) is 5.07. The summed E-state index contributed by atoms with van der Waals surface area (Å²) in [4.78, 5) is 13.4. The summed E-state index contributed by atoms with van der Waals surface area (Å²) >= 11 is 0. The lowest BCUT2D eigenvalue weighted by atomic mass is 10.0. The first-order valence-corrected chi connectivity index (χ1v) is 6.61. The highest BCUT2D eigenvalue weighted by atomic mass is 19.1. The molecule has 19 heavy (non-hydrogen) atoms. The molecule has 0 aliphatic carbocycles. The van der Waals surface area contributed by atoms with E-state index in [1.165, 1.54) is 31.0 Å². The number of halogens is 1. The number of nitrogens with one attached hydrogen (secondary N) is 1. The van der Waals surface area contributed by atoms with Gasteiger partial charge in [0.05, 0.1) is 5.69 Å². The average molecular weight is 265 g/mol. The van der Waals surface area contributed by atoms with Crippen LogP contribution in [0.2, 0.25) is 0 Å². The Hall–Kier alpha value is -1.62. The number of benzene rings is 1. The fraction of sp³-hybridized carbons (Fsp3) is 0.500. The van der Waals surface area contributed by atoms with Crippen molar-refractivity contribution >= 4 is 11.6 Å². The lowest BCUT2D eigenvalue weighted by molar-refractivity contribution is 0.100. The SMILES string of the molecule is CN1CCCCC1CNc1cc(C(N)=O)ccc1F. The Balaban J connectivity index is 2.02. The number of hydrogen-bond donors (Lipinski definition) is 2. The lowest BCUT2D eigenvalue weighted by Gasteiger charge is -2.32. The molecular weight excluding hydrogens is 245 g/mol. The smallest absolute Gasteiger partial charge is 0.248 e. The Kier molecular flexibility index (Phi) is 4.37. The molecule has 1 unspecified atom stereocenters. The largest absolute Gasteiger partial charge is 0.381 e. The summed E-state index contributed by atoms with van der Waals surface area (Å²) in [6, 6.07) is 4.55. The van der Waals surface area contributed by atoms with E-state index in [0.29, 0.717) is 23.8 Å². The van der Waals surface area contributed by atoms with E-state index in [2.05, 4.69) is 17.3 Å². The Morgan fingerprint density at radius 1 is 1.53 bits per heavy atom. The minimum atomic E-state index is -0.544. The van der Waals surface area contributed by atoms with Crippen LogP contribution >= 0.6 is 0 Å². The van der Waals surface area contributed by atoms with E-state index in [4.69, 9.17) is 5.73 Å². The van der Waals surface area contributed by atoms with Crippen LogP contribution in [0.25, 0.3) is 0 Å². The van der Waals surface area contributed by atoms with E-state index in [1.54, 1.807) is 0 Å². The van der Waals surface area contributed by atoms with Gasteiger partial charge in [-0.2, -0.15) is 0 Å². The van der Waals surface area contributed by atoms with E-state index in [-0.39, 0.29) is 5.82 Å². The van der Waals surface area contributed by atoms with Gasteiger partial charge in [0.15, 0.2) is 0 Å². The lowest BCUT2D eigenvalue weighted by Crippen LogP contribution is -2.40. The number of piperidine rings is 1. The van der Waals surface area contributed by atoms with Gasteiger partial charge >= 0.3 is 0 Å². The van der Waals surface area contributed by atoms with Gasteiger partial charge in [-0.3, -0.25) is 4.79 Å². The molecule has 1 aromatic rings. The van der Waals surface area contributed by atoms with Crippen molar-refractivity contribution in [1.29, 1.82) is 0 Å². The van der Waals surface area contributed by atoms with Crippen LogP contribution in [-0.4, -0.2) is 37.0 Å². The van der Waals surface area contributed by atoms with Crippen LogP contribution in [0.5, 0.6) is 0 Å². The fourth-order valence-corrected chi connectivity index (χ4v) is 2.44. The predicted octanol–water partition coefficient (Wildman–Crippen LogP) is 1.82. The highest BCUT2D eigenvalue weighted by Crippen LogP contribution is 2.19. The molecule has 1 atom stereocenters. The molecular formula is C14H20FN3O. The Labute approximate surface area is 112 Å². The summed E-state index contributed by atoms with van der Waals surface area (Å²) < 4.78 is 13.7. The van der Waals surface area contributed by atoms with Crippen molar-refractivity contribution in [3.63, 3.8) is 0 Å². The zero-order chi connectivity index (χ0) is 13.8. The van der Waals surface area contributed by atoms with Gasteiger partial charge < -0.3 is 16.0 Å². The van der Waals surface area contributed by atoms with Crippen LogP contribution in [0.1, 0.15) is 29.6 Å². The molecule has 104 valence electrons. The molecule has 1 aromatic carbocycles. The first-order chi connectivity index (χ1) is 9.08. The molecule has 4 nitrogen and oxygen atoms in total. The standard InChI is InChI=1S/C14H20FN3O/c1-18-7-3-2-4-11(18)9-17-13-8-10(14(16)19)5-6-12(13)15/h5-6,8,11,17H,2-4,7,9H2,1H3,(H2,16,19). The number of nitrogens with two attached hydrogens (primary N) is 1. The third kappa shape index (κ3) is 3.44. The van der Waals surface area contributed by atoms with Gasteiger partial charge in [0, 0.05) is 18.2 Å². The van der Waals surface area contributed by atoms with Crippen LogP contribution in [0.4, 0.5) is 10.1 Å². The molecule has 1 heterocycles. The van der Waals surface area contributed by atoms with Gasteiger partial charge in [-0.15, -0.1) is 0 Å². The number of carbonyl (C=O) groups excluding carboxylic acids is 1. The molecule has 0 bridgehead atoms. The van der Waals surface area contributed by atoms with Gasteiger partial charge in [-0.25, -0.2) is 4.39 Å². The minimum absolute atomic E-state index is 0.320. The highest BCUT2D eigenvalue weighted by Gasteiger charge is 2.19. The molecule has 5 heteroatoms. The molecule has 1 saturated heterocycles. The van der Waals surface area contributed by atoms with E-state index in [9.17, 15) is 9.18 Å². The molecule has 1 amide bonds. The van der Waals surface area contributed by atoms with Crippen LogP contribution in [-0.2, 0) is 0 Å².